The highest BCUT2D eigenvalue weighted by atomic mass is 32.1. The molecule has 1 unspecified atom stereocenters. The fraction of sp³-hybridized carbons (Fsp3) is 0.429. The van der Waals surface area contributed by atoms with Crippen molar-refractivity contribution in [3.63, 3.8) is 0 Å². The lowest BCUT2D eigenvalue weighted by molar-refractivity contribution is 0.261. The van der Waals surface area contributed by atoms with Crippen molar-refractivity contribution in [3.8, 4) is 0 Å². The predicted molar refractivity (Wildman–Crippen MR) is 45.4 cm³/mol. The molecule has 4 heteroatoms. The average Bonchev–Trinajstić information content (AvgIpc) is 2.05. The van der Waals surface area contributed by atoms with Gasteiger partial charge in [0.25, 0.3) is 0 Å². The molecular formula is C7H10N2OS. The number of nitrogens with zero attached hydrogens (tertiary/aromatic N) is 2. The fourth-order valence-corrected chi connectivity index (χ4v) is 0.859. The van der Waals surface area contributed by atoms with E-state index in [-0.39, 0.29) is 0 Å². The molecule has 1 heterocycles. The molecule has 0 fully saturated rings. The van der Waals surface area contributed by atoms with E-state index >= 15 is 0 Å². The highest BCUT2D eigenvalue weighted by Crippen LogP contribution is 2.10. The van der Waals surface area contributed by atoms with Gasteiger partial charge < -0.3 is 5.11 Å². The first-order valence-corrected chi connectivity index (χ1v) is 3.93. The normalized spacial score (nSPS) is 13.0. The first kappa shape index (κ1) is 8.49. The molecule has 1 atom stereocenters. The van der Waals surface area contributed by atoms with E-state index in [1.54, 1.807) is 6.20 Å². The van der Waals surface area contributed by atoms with Gasteiger partial charge in [0.15, 0.2) is 11.3 Å². The Hall–Kier alpha value is -0.610. The van der Waals surface area contributed by atoms with Gasteiger partial charge in [0, 0.05) is 11.9 Å². The SMILES string of the molecule is CCc1ccnc(C(O)S)n1. The van der Waals surface area contributed by atoms with Crippen LogP contribution in [0, 0.1) is 0 Å². The second-order valence-corrected chi connectivity index (χ2v) is 2.62. The number of aromatic nitrogens is 2. The molecule has 11 heavy (non-hydrogen) atoms. The van der Waals surface area contributed by atoms with Gasteiger partial charge in [-0.1, -0.05) is 6.92 Å². The zero-order valence-corrected chi connectivity index (χ0v) is 7.12. The number of aryl methyl sites for hydroxylation is 1. The maximum absolute atomic E-state index is 8.98. The maximum atomic E-state index is 8.98. The molecule has 1 aromatic heterocycles. The molecule has 1 aromatic rings. The van der Waals surface area contributed by atoms with Crippen molar-refractivity contribution in [1.29, 1.82) is 0 Å². The molecule has 60 valence electrons. The van der Waals surface area contributed by atoms with E-state index in [1.807, 2.05) is 13.0 Å². The Morgan fingerprint density at radius 2 is 2.45 bits per heavy atom. The number of aliphatic hydroxyl groups excluding tert-OH is 1. The van der Waals surface area contributed by atoms with Crippen LogP contribution in [0.2, 0.25) is 0 Å². The summed E-state index contributed by atoms with van der Waals surface area (Å²) in [6.45, 7) is 2.00. The summed E-state index contributed by atoms with van der Waals surface area (Å²) in [4.78, 5) is 7.90. The van der Waals surface area contributed by atoms with E-state index in [2.05, 4.69) is 22.6 Å². The first-order chi connectivity index (χ1) is 5.24. The summed E-state index contributed by atoms with van der Waals surface area (Å²) in [6.07, 6.45) is 2.47. The van der Waals surface area contributed by atoms with Crippen LogP contribution in [0.4, 0.5) is 0 Å². The van der Waals surface area contributed by atoms with E-state index in [1.165, 1.54) is 0 Å². The molecule has 1 N–H and O–H groups in total. The molecule has 0 amide bonds. The van der Waals surface area contributed by atoms with E-state index < -0.39 is 5.44 Å². The van der Waals surface area contributed by atoms with Crippen molar-refractivity contribution in [2.24, 2.45) is 0 Å². The number of hydrogen-bond donors (Lipinski definition) is 2. The highest BCUT2D eigenvalue weighted by Gasteiger charge is 2.03. The van der Waals surface area contributed by atoms with Crippen molar-refractivity contribution in [3.05, 3.63) is 23.8 Å². The van der Waals surface area contributed by atoms with Crippen LogP contribution in [-0.4, -0.2) is 15.1 Å². The van der Waals surface area contributed by atoms with Crippen LogP contribution in [0.3, 0.4) is 0 Å². The molecule has 0 bridgehead atoms. The largest absolute Gasteiger partial charge is 0.375 e. The molecule has 3 nitrogen and oxygen atoms in total. The van der Waals surface area contributed by atoms with E-state index in [0.717, 1.165) is 12.1 Å². The molecule has 0 aliphatic rings. The zero-order chi connectivity index (χ0) is 8.27. The Kier molecular flexibility index (Phi) is 2.84. The smallest absolute Gasteiger partial charge is 0.167 e. The van der Waals surface area contributed by atoms with E-state index in [4.69, 9.17) is 5.11 Å². The van der Waals surface area contributed by atoms with E-state index in [0.29, 0.717) is 5.82 Å². The summed E-state index contributed by atoms with van der Waals surface area (Å²) in [7, 11) is 0. The minimum atomic E-state index is -0.874. The van der Waals surface area contributed by atoms with Crippen LogP contribution in [0.25, 0.3) is 0 Å². The van der Waals surface area contributed by atoms with Gasteiger partial charge in [-0.15, -0.1) is 12.6 Å². The Bertz CT molecular complexity index is 240. The molecular weight excluding hydrogens is 160 g/mol. The Labute approximate surface area is 70.9 Å². The third-order valence-corrected chi connectivity index (χ3v) is 1.56. The quantitative estimate of drug-likeness (QED) is 0.513. The van der Waals surface area contributed by atoms with Gasteiger partial charge in [-0.2, -0.15) is 0 Å². The summed E-state index contributed by atoms with van der Waals surface area (Å²) in [5.74, 6) is 0.368. The molecule has 0 aromatic carbocycles. The van der Waals surface area contributed by atoms with Crippen molar-refractivity contribution in [1.82, 2.24) is 9.97 Å². The number of thiol groups is 1. The Morgan fingerprint density at radius 3 is 3.00 bits per heavy atom. The number of rotatable bonds is 2. The molecule has 0 radical (unpaired) electrons. The molecule has 1 rings (SSSR count). The lowest BCUT2D eigenvalue weighted by Crippen LogP contribution is -1.99. The topological polar surface area (TPSA) is 46.0 Å². The summed E-state index contributed by atoms with van der Waals surface area (Å²) in [6, 6.07) is 1.82. The minimum absolute atomic E-state index is 0.368. The molecule has 0 spiro atoms. The van der Waals surface area contributed by atoms with Crippen molar-refractivity contribution < 1.29 is 5.11 Å². The summed E-state index contributed by atoms with van der Waals surface area (Å²) >= 11 is 3.80. The third-order valence-electron chi connectivity index (χ3n) is 1.33. The monoisotopic (exact) mass is 170 g/mol. The van der Waals surface area contributed by atoms with Crippen molar-refractivity contribution in [2.75, 3.05) is 0 Å². The van der Waals surface area contributed by atoms with Crippen molar-refractivity contribution >= 4 is 12.6 Å². The van der Waals surface area contributed by atoms with Gasteiger partial charge in [0.1, 0.15) is 0 Å². The third kappa shape index (κ3) is 2.17. The van der Waals surface area contributed by atoms with Crippen LogP contribution < -0.4 is 0 Å². The predicted octanol–water partition coefficient (Wildman–Crippen LogP) is 0.960. The second kappa shape index (κ2) is 3.69. The van der Waals surface area contributed by atoms with Crippen LogP contribution in [0.5, 0.6) is 0 Å². The molecule has 0 aliphatic carbocycles. The first-order valence-electron chi connectivity index (χ1n) is 3.42. The summed E-state index contributed by atoms with van der Waals surface area (Å²) < 4.78 is 0. The lowest BCUT2D eigenvalue weighted by Gasteiger charge is -2.02. The Balaban J connectivity index is 2.91. The maximum Gasteiger partial charge on any atom is 0.167 e. The van der Waals surface area contributed by atoms with Crippen molar-refractivity contribution in [2.45, 2.75) is 18.8 Å². The van der Waals surface area contributed by atoms with Crippen LogP contribution in [0.1, 0.15) is 23.9 Å². The van der Waals surface area contributed by atoms with Gasteiger partial charge in [0.05, 0.1) is 0 Å². The van der Waals surface area contributed by atoms with E-state index in [9.17, 15) is 0 Å². The fourth-order valence-electron chi connectivity index (χ4n) is 0.734. The zero-order valence-electron chi connectivity index (χ0n) is 6.23. The van der Waals surface area contributed by atoms with Gasteiger partial charge in [-0.3, -0.25) is 0 Å². The molecule has 0 aliphatic heterocycles. The Morgan fingerprint density at radius 1 is 1.73 bits per heavy atom. The van der Waals surface area contributed by atoms with Gasteiger partial charge >= 0.3 is 0 Å². The van der Waals surface area contributed by atoms with Crippen LogP contribution in [0.15, 0.2) is 12.3 Å². The van der Waals surface area contributed by atoms with Crippen LogP contribution >= 0.6 is 12.6 Å². The van der Waals surface area contributed by atoms with Gasteiger partial charge in [-0.25, -0.2) is 9.97 Å². The lowest BCUT2D eigenvalue weighted by atomic mass is 10.3. The van der Waals surface area contributed by atoms with Gasteiger partial charge in [-0.05, 0) is 12.5 Å². The van der Waals surface area contributed by atoms with Crippen LogP contribution in [-0.2, 0) is 6.42 Å². The number of hydrogen-bond acceptors (Lipinski definition) is 4. The minimum Gasteiger partial charge on any atom is -0.375 e. The second-order valence-electron chi connectivity index (χ2n) is 2.13. The van der Waals surface area contributed by atoms with Gasteiger partial charge in [0.2, 0.25) is 0 Å². The molecule has 0 saturated carbocycles. The molecule has 0 saturated heterocycles. The average molecular weight is 170 g/mol. The highest BCUT2D eigenvalue weighted by molar-refractivity contribution is 7.80. The summed E-state index contributed by atoms with van der Waals surface area (Å²) in [5.41, 5.74) is 0.0459. The number of aliphatic hydroxyl groups is 1. The standard InChI is InChI=1S/C7H10N2OS/c1-2-5-3-4-8-6(9-5)7(10)11/h3-4,7,10-11H,2H2,1H3. The summed E-state index contributed by atoms with van der Waals surface area (Å²) in [5, 5.41) is 8.98.